The number of morpholine rings is 1. The Kier molecular flexibility index (Phi) is 4.00. The highest BCUT2D eigenvalue weighted by Gasteiger charge is 2.34. The van der Waals surface area contributed by atoms with E-state index in [1.165, 1.54) is 6.07 Å². The van der Waals surface area contributed by atoms with Crippen molar-refractivity contribution in [2.75, 3.05) is 25.0 Å². The molecule has 1 aromatic carbocycles. The number of sulfonamides is 1. The van der Waals surface area contributed by atoms with Gasteiger partial charge in [0.2, 0.25) is 10.0 Å². The summed E-state index contributed by atoms with van der Waals surface area (Å²) in [5.41, 5.74) is 0.689. The molecule has 1 fully saturated rings. The Balaban J connectivity index is 1.94. The van der Waals surface area contributed by atoms with Crippen molar-refractivity contribution in [3.05, 3.63) is 27.8 Å². The SMILES string of the molecule is CC1CN(C2Cc3cc(S(N)(=O)=O)cc([N+](=O)[O-])c3N2)CCO1. The zero-order valence-electron chi connectivity index (χ0n) is 12.6. The lowest BCUT2D eigenvalue weighted by molar-refractivity contribution is -0.384. The fourth-order valence-electron chi connectivity index (χ4n) is 3.07. The van der Waals surface area contributed by atoms with Crippen LogP contribution in [0.4, 0.5) is 11.4 Å². The Hall–Kier alpha value is -1.75. The van der Waals surface area contributed by atoms with Gasteiger partial charge in [-0.25, -0.2) is 13.6 Å². The molecule has 0 aliphatic carbocycles. The summed E-state index contributed by atoms with van der Waals surface area (Å²) < 4.78 is 28.6. The van der Waals surface area contributed by atoms with Crippen molar-refractivity contribution >= 4 is 21.4 Å². The van der Waals surface area contributed by atoms with E-state index in [2.05, 4.69) is 10.2 Å². The van der Waals surface area contributed by atoms with E-state index in [0.717, 1.165) is 6.07 Å². The van der Waals surface area contributed by atoms with E-state index in [9.17, 15) is 18.5 Å². The monoisotopic (exact) mass is 342 g/mol. The standard InChI is InChI=1S/C13H18N4O5S/c1-8-7-16(2-3-22-8)12-5-9-4-10(23(14,20)21)6-11(17(18)19)13(9)15-12/h4,6,8,12,15H,2-3,5,7H2,1H3,(H2,14,20,21). The first-order valence-electron chi connectivity index (χ1n) is 7.22. The van der Waals surface area contributed by atoms with Crippen LogP contribution < -0.4 is 10.5 Å². The topological polar surface area (TPSA) is 128 Å². The molecule has 10 heteroatoms. The Morgan fingerprint density at radius 2 is 2.22 bits per heavy atom. The molecule has 0 radical (unpaired) electrons. The van der Waals surface area contributed by atoms with Gasteiger partial charge in [0.1, 0.15) is 5.69 Å². The molecule has 0 spiro atoms. The Morgan fingerprint density at radius 1 is 1.48 bits per heavy atom. The summed E-state index contributed by atoms with van der Waals surface area (Å²) in [5, 5.41) is 19.5. The number of nitrogens with zero attached hydrogens (tertiary/aromatic N) is 2. The molecule has 23 heavy (non-hydrogen) atoms. The summed E-state index contributed by atoms with van der Waals surface area (Å²) in [6.07, 6.45) is 0.446. The maximum Gasteiger partial charge on any atom is 0.294 e. The second kappa shape index (κ2) is 5.71. The first-order valence-corrected chi connectivity index (χ1v) is 8.76. The number of nitrogens with two attached hydrogens (primary N) is 1. The number of nitrogens with one attached hydrogen (secondary N) is 1. The number of rotatable bonds is 3. The molecule has 2 unspecified atom stereocenters. The fourth-order valence-corrected chi connectivity index (χ4v) is 3.65. The van der Waals surface area contributed by atoms with Gasteiger partial charge in [-0.2, -0.15) is 0 Å². The van der Waals surface area contributed by atoms with Gasteiger partial charge in [-0.3, -0.25) is 15.0 Å². The lowest BCUT2D eigenvalue weighted by Crippen LogP contribution is -2.49. The van der Waals surface area contributed by atoms with E-state index in [1.54, 1.807) is 0 Å². The number of anilines is 1. The van der Waals surface area contributed by atoms with E-state index >= 15 is 0 Å². The van der Waals surface area contributed by atoms with Crippen molar-refractivity contribution in [2.24, 2.45) is 5.14 Å². The number of fused-ring (bicyclic) bond motifs is 1. The predicted molar refractivity (Wildman–Crippen MR) is 82.6 cm³/mol. The molecule has 0 amide bonds. The van der Waals surface area contributed by atoms with Gasteiger partial charge in [0.05, 0.1) is 28.7 Å². The molecule has 0 bridgehead atoms. The molecular weight excluding hydrogens is 324 g/mol. The molecule has 2 atom stereocenters. The molecule has 9 nitrogen and oxygen atoms in total. The lowest BCUT2D eigenvalue weighted by atomic mass is 10.1. The zero-order valence-corrected chi connectivity index (χ0v) is 13.4. The number of hydrogen-bond acceptors (Lipinski definition) is 7. The van der Waals surface area contributed by atoms with Crippen molar-refractivity contribution in [3.8, 4) is 0 Å². The van der Waals surface area contributed by atoms with Crippen LogP contribution in [0, 0.1) is 10.1 Å². The fraction of sp³-hybridized carbons (Fsp3) is 0.538. The van der Waals surface area contributed by atoms with E-state index < -0.39 is 14.9 Å². The summed E-state index contributed by atoms with van der Waals surface area (Å²) in [7, 11) is -4.00. The summed E-state index contributed by atoms with van der Waals surface area (Å²) in [5.74, 6) is 0. The second-order valence-corrected chi connectivity index (χ2v) is 7.38. The van der Waals surface area contributed by atoms with E-state index in [1.807, 2.05) is 6.92 Å². The average Bonchev–Trinajstić information content (AvgIpc) is 2.88. The van der Waals surface area contributed by atoms with Crippen LogP contribution in [0.1, 0.15) is 12.5 Å². The quantitative estimate of drug-likeness (QED) is 0.595. The molecule has 2 aliphatic rings. The molecule has 3 rings (SSSR count). The molecule has 0 aromatic heterocycles. The van der Waals surface area contributed by atoms with Crippen molar-refractivity contribution in [1.29, 1.82) is 0 Å². The number of primary sulfonamides is 1. The van der Waals surface area contributed by atoms with Crippen LogP contribution in [0.5, 0.6) is 0 Å². The third kappa shape index (κ3) is 3.15. The predicted octanol–water partition coefficient (Wildman–Crippen LogP) is 0.257. The lowest BCUT2D eigenvalue weighted by Gasteiger charge is -2.35. The van der Waals surface area contributed by atoms with E-state index in [-0.39, 0.29) is 22.9 Å². The van der Waals surface area contributed by atoms with Crippen molar-refractivity contribution in [2.45, 2.75) is 30.5 Å². The number of nitro benzene ring substituents is 1. The Morgan fingerprint density at radius 3 is 2.83 bits per heavy atom. The summed E-state index contributed by atoms with van der Waals surface area (Å²) in [4.78, 5) is 12.6. The first-order chi connectivity index (χ1) is 10.8. The minimum Gasteiger partial charge on any atom is -0.376 e. The minimum absolute atomic E-state index is 0.0872. The molecule has 1 saturated heterocycles. The van der Waals surface area contributed by atoms with Gasteiger partial charge in [0.15, 0.2) is 0 Å². The normalized spacial score (nSPS) is 25.0. The van der Waals surface area contributed by atoms with Gasteiger partial charge in [-0.05, 0) is 18.6 Å². The molecule has 3 N–H and O–H groups in total. The van der Waals surface area contributed by atoms with Gasteiger partial charge < -0.3 is 10.1 Å². The van der Waals surface area contributed by atoms with Gasteiger partial charge in [0.25, 0.3) is 5.69 Å². The summed E-state index contributed by atoms with van der Waals surface area (Å²) >= 11 is 0. The zero-order chi connectivity index (χ0) is 16.8. The molecule has 1 aromatic rings. The van der Waals surface area contributed by atoms with Gasteiger partial charge in [-0.1, -0.05) is 0 Å². The Bertz CT molecular complexity index is 751. The van der Waals surface area contributed by atoms with Crippen molar-refractivity contribution in [3.63, 3.8) is 0 Å². The molecule has 126 valence electrons. The summed E-state index contributed by atoms with van der Waals surface area (Å²) in [6.45, 7) is 3.99. The minimum atomic E-state index is -4.00. The molecule has 2 heterocycles. The highest BCUT2D eigenvalue weighted by Crippen LogP contribution is 2.38. The van der Waals surface area contributed by atoms with Crippen LogP contribution in [0.15, 0.2) is 17.0 Å². The molecule has 2 aliphatic heterocycles. The van der Waals surface area contributed by atoms with Crippen molar-refractivity contribution in [1.82, 2.24) is 4.90 Å². The highest BCUT2D eigenvalue weighted by atomic mass is 32.2. The maximum atomic E-state index is 11.5. The van der Waals surface area contributed by atoms with Crippen LogP contribution in [0.3, 0.4) is 0 Å². The maximum absolute atomic E-state index is 11.5. The number of hydrogen-bond donors (Lipinski definition) is 2. The molecular formula is C13H18N4O5S. The highest BCUT2D eigenvalue weighted by molar-refractivity contribution is 7.89. The van der Waals surface area contributed by atoms with Crippen LogP contribution in [0.2, 0.25) is 0 Å². The van der Waals surface area contributed by atoms with Crippen LogP contribution in [-0.4, -0.2) is 50.2 Å². The number of ether oxygens (including phenoxy) is 1. The number of benzene rings is 1. The first kappa shape index (κ1) is 16.1. The van der Waals surface area contributed by atoms with E-state index in [0.29, 0.717) is 37.4 Å². The van der Waals surface area contributed by atoms with Crippen molar-refractivity contribution < 1.29 is 18.1 Å². The third-order valence-electron chi connectivity index (χ3n) is 4.14. The van der Waals surface area contributed by atoms with E-state index in [4.69, 9.17) is 9.88 Å². The van der Waals surface area contributed by atoms with Gasteiger partial charge >= 0.3 is 0 Å². The van der Waals surface area contributed by atoms with Crippen LogP contribution in [-0.2, 0) is 21.2 Å². The average molecular weight is 342 g/mol. The third-order valence-corrected chi connectivity index (χ3v) is 5.03. The number of nitro groups is 1. The molecule has 0 saturated carbocycles. The second-order valence-electron chi connectivity index (χ2n) is 5.82. The van der Waals surface area contributed by atoms with Gasteiger partial charge in [-0.15, -0.1) is 0 Å². The van der Waals surface area contributed by atoms with Gasteiger partial charge in [0, 0.05) is 25.6 Å². The van der Waals surface area contributed by atoms with Crippen LogP contribution in [0.25, 0.3) is 0 Å². The van der Waals surface area contributed by atoms with Crippen LogP contribution >= 0.6 is 0 Å². The smallest absolute Gasteiger partial charge is 0.294 e. The largest absolute Gasteiger partial charge is 0.376 e. The Labute approximate surface area is 133 Å². The summed E-state index contributed by atoms with van der Waals surface area (Å²) in [6, 6.07) is 2.42.